The first kappa shape index (κ1) is 16.8. The topological polar surface area (TPSA) is 46.6 Å². The third kappa shape index (κ3) is 3.80. The van der Waals surface area contributed by atoms with Gasteiger partial charge in [0, 0.05) is 37.3 Å². The minimum absolute atomic E-state index is 0.112. The van der Waals surface area contributed by atoms with Crippen LogP contribution in [0.1, 0.15) is 12.8 Å². The van der Waals surface area contributed by atoms with Crippen molar-refractivity contribution in [2.45, 2.75) is 17.7 Å². The molecule has 1 saturated heterocycles. The summed E-state index contributed by atoms with van der Waals surface area (Å²) in [6, 6.07) is 1.51. The molecule has 118 valence electrons. The van der Waals surface area contributed by atoms with Crippen molar-refractivity contribution in [1.82, 2.24) is 4.31 Å². The summed E-state index contributed by atoms with van der Waals surface area (Å²) in [5.41, 5.74) is 0. The number of benzene rings is 1. The molecule has 21 heavy (non-hydrogen) atoms. The standard InChI is InChI=1S/C13H16BrF2NO3S/c1-17(8-9-2-4-20-5-3-9)21(18,19)13-11(14)6-10(15)7-12(13)16/h6-7,9H,2-5,8H2,1H3. The van der Waals surface area contributed by atoms with Crippen molar-refractivity contribution >= 4 is 26.0 Å². The largest absolute Gasteiger partial charge is 0.381 e. The van der Waals surface area contributed by atoms with Gasteiger partial charge < -0.3 is 4.74 Å². The zero-order chi connectivity index (χ0) is 15.6. The fourth-order valence-electron chi connectivity index (χ4n) is 2.32. The van der Waals surface area contributed by atoms with Gasteiger partial charge in [-0.3, -0.25) is 0 Å². The molecule has 0 bridgehead atoms. The quantitative estimate of drug-likeness (QED) is 0.802. The van der Waals surface area contributed by atoms with Gasteiger partial charge in [0.1, 0.15) is 16.5 Å². The van der Waals surface area contributed by atoms with Crippen molar-refractivity contribution in [3.8, 4) is 0 Å². The van der Waals surface area contributed by atoms with E-state index in [1.807, 2.05) is 0 Å². The van der Waals surface area contributed by atoms with Gasteiger partial charge in [-0.15, -0.1) is 0 Å². The molecule has 0 atom stereocenters. The Morgan fingerprint density at radius 3 is 2.52 bits per heavy atom. The lowest BCUT2D eigenvalue weighted by molar-refractivity contribution is 0.0620. The Morgan fingerprint density at radius 1 is 1.33 bits per heavy atom. The van der Waals surface area contributed by atoms with Crippen molar-refractivity contribution < 1.29 is 21.9 Å². The molecule has 0 radical (unpaired) electrons. The average Bonchev–Trinajstić information content (AvgIpc) is 2.38. The summed E-state index contributed by atoms with van der Waals surface area (Å²) in [5, 5.41) is 0. The van der Waals surface area contributed by atoms with Crippen LogP contribution in [0.3, 0.4) is 0 Å². The lowest BCUT2D eigenvalue weighted by Gasteiger charge is -2.27. The Kier molecular flexibility index (Phi) is 5.34. The fraction of sp³-hybridized carbons (Fsp3) is 0.538. The van der Waals surface area contributed by atoms with Gasteiger partial charge in [0.05, 0.1) is 0 Å². The third-order valence-electron chi connectivity index (χ3n) is 3.49. The molecule has 0 unspecified atom stereocenters. The van der Waals surface area contributed by atoms with Gasteiger partial charge in [-0.1, -0.05) is 0 Å². The van der Waals surface area contributed by atoms with E-state index >= 15 is 0 Å². The van der Waals surface area contributed by atoms with E-state index < -0.39 is 26.6 Å². The number of rotatable bonds is 4. The lowest BCUT2D eigenvalue weighted by Crippen LogP contribution is -2.34. The van der Waals surface area contributed by atoms with E-state index in [2.05, 4.69) is 15.9 Å². The highest BCUT2D eigenvalue weighted by atomic mass is 79.9. The molecule has 0 aromatic heterocycles. The minimum Gasteiger partial charge on any atom is -0.381 e. The highest BCUT2D eigenvalue weighted by Gasteiger charge is 2.30. The van der Waals surface area contributed by atoms with Crippen molar-refractivity contribution in [1.29, 1.82) is 0 Å². The number of ether oxygens (including phenoxy) is 1. The monoisotopic (exact) mass is 383 g/mol. The van der Waals surface area contributed by atoms with E-state index in [9.17, 15) is 17.2 Å². The second-order valence-corrected chi connectivity index (χ2v) is 7.88. The van der Waals surface area contributed by atoms with Crippen LogP contribution in [0.15, 0.2) is 21.5 Å². The maximum absolute atomic E-state index is 13.8. The molecule has 0 amide bonds. The normalized spacial score (nSPS) is 17.4. The molecule has 4 nitrogen and oxygen atoms in total. The van der Waals surface area contributed by atoms with E-state index in [-0.39, 0.29) is 16.9 Å². The third-order valence-corrected chi connectivity index (χ3v) is 6.28. The number of nitrogens with zero attached hydrogens (tertiary/aromatic N) is 1. The van der Waals surface area contributed by atoms with E-state index in [4.69, 9.17) is 4.74 Å². The summed E-state index contributed by atoms with van der Waals surface area (Å²) in [6.45, 7) is 1.50. The van der Waals surface area contributed by atoms with Gasteiger partial charge in [-0.2, -0.15) is 0 Å². The number of halogens is 3. The molecule has 0 N–H and O–H groups in total. The van der Waals surface area contributed by atoms with Crippen LogP contribution in [0, 0.1) is 17.6 Å². The first-order valence-electron chi connectivity index (χ1n) is 6.51. The SMILES string of the molecule is CN(CC1CCOCC1)S(=O)(=O)c1c(F)cc(F)cc1Br. The van der Waals surface area contributed by atoms with Crippen LogP contribution >= 0.6 is 15.9 Å². The Hall–Kier alpha value is -0.570. The van der Waals surface area contributed by atoms with E-state index in [1.165, 1.54) is 7.05 Å². The highest BCUT2D eigenvalue weighted by Crippen LogP contribution is 2.29. The van der Waals surface area contributed by atoms with E-state index in [1.54, 1.807) is 0 Å². The maximum Gasteiger partial charge on any atom is 0.246 e. The van der Waals surface area contributed by atoms with Crippen molar-refractivity contribution in [3.63, 3.8) is 0 Å². The van der Waals surface area contributed by atoms with Crippen LogP contribution in [-0.4, -0.2) is 39.5 Å². The lowest BCUT2D eigenvalue weighted by atomic mass is 10.0. The average molecular weight is 384 g/mol. The van der Waals surface area contributed by atoms with Crippen LogP contribution in [-0.2, 0) is 14.8 Å². The molecule has 1 aromatic rings. The Morgan fingerprint density at radius 2 is 1.95 bits per heavy atom. The van der Waals surface area contributed by atoms with Crippen LogP contribution < -0.4 is 0 Å². The van der Waals surface area contributed by atoms with Crippen LogP contribution in [0.5, 0.6) is 0 Å². The van der Waals surface area contributed by atoms with Crippen LogP contribution in [0.4, 0.5) is 8.78 Å². The molecular weight excluding hydrogens is 368 g/mol. The maximum atomic E-state index is 13.8. The van der Waals surface area contributed by atoms with Crippen molar-refractivity contribution in [2.24, 2.45) is 5.92 Å². The van der Waals surface area contributed by atoms with Gasteiger partial charge in [-0.25, -0.2) is 21.5 Å². The molecule has 2 rings (SSSR count). The Balaban J connectivity index is 2.24. The number of sulfonamides is 1. The van der Waals surface area contributed by atoms with Crippen molar-refractivity contribution in [2.75, 3.05) is 26.8 Å². The van der Waals surface area contributed by atoms with E-state index in [0.29, 0.717) is 19.3 Å². The van der Waals surface area contributed by atoms with Crippen LogP contribution in [0.2, 0.25) is 0 Å². The predicted octanol–water partition coefficient (Wildman–Crippen LogP) is 2.77. The zero-order valence-electron chi connectivity index (χ0n) is 11.5. The molecule has 0 spiro atoms. The zero-order valence-corrected chi connectivity index (χ0v) is 13.9. The molecule has 8 heteroatoms. The predicted molar refractivity (Wildman–Crippen MR) is 77.4 cm³/mol. The van der Waals surface area contributed by atoms with Crippen LogP contribution in [0.25, 0.3) is 0 Å². The highest BCUT2D eigenvalue weighted by molar-refractivity contribution is 9.10. The first-order valence-corrected chi connectivity index (χ1v) is 8.74. The number of hydrogen-bond donors (Lipinski definition) is 0. The summed E-state index contributed by atoms with van der Waals surface area (Å²) < 4.78 is 58.1. The minimum atomic E-state index is -4.01. The fourth-order valence-corrected chi connectivity index (χ4v) is 4.67. The van der Waals surface area contributed by atoms with Crippen molar-refractivity contribution in [3.05, 3.63) is 28.2 Å². The van der Waals surface area contributed by atoms with Gasteiger partial charge in [0.25, 0.3) is 0 Å². The molecule has 0 saturated carbocycles. The van der Waals surface area contributed by atoms with Gasteiger partial charge in [0.2, 0.25) is 10.0 Å². The first-order chi connectivity index (χ1) is 9.82. The smallest absolute Gasteiger partial charge is 0.246 e. The van der Waals surface area contributed by atoms with Gasteiger partial charge in [-0.05, 0) is 40.8 Å². The Bertz CT molecular complexity index is 595. The molecule has 1 aliphatic heterocycles. The molecular formula is C13H16BrF2NO3S. The summed E-state index contributed by atoms with van der Waals surface area (Å²) in [6.07, 6.45) is 1.54. The molecule has 0 aliphatic carbocycles. The van der Waals surface area contributed by atoms with E-state index in [0.717, 1.165) is 23.2 Å². The summed E-state index contributed by atoms with van der Waals surface area (Å²) >= 11 is 2.92. The van der Waals surface area contributed by atoms with Gasteiger partial charge in [0.15, 0.2) is 0 Å². The molecule has 1 fully saturated rings. The summed E-state index contributed by atoms with van der Waals surface area (Å²) in [5.74, 6) is -1.74. The summed E-state index contributed by atoms with van der Waals surface area (Å²) in [7, 11) is -2.61. The molecule has 1 aromatic carbocycles. The molecule has 1 aliphatic rings. The second-order valence-electron chi connectivity index (χ2n) is 5.04. The number of hydrogen-bond acceptors (Lipinski definition) is 3. The second kappa shape index (κ2) is 6.68. The van der Waals surface area contributed by atoms with Gasteiger partial charge >= 0.3 is 0 Å². The summed E-state index contributed by atoms with van der Waals surface area (Å²) in [4.78, 5) is -0.529. The Labute approximate surface area is 131 Å². The molecule has 1 heterocycles.